The van der Waals surface area contributed by atoms with Gasteiger partial charge in [-0.1, -0.05) is 65.7 Å². The zero-order valence-electron chi connectivity index (χ0n) is 11.6. The second-order valence-electron chi connectivity index (χ2n) is 5.03. The largest absolute Gasteiger partial charge is 0.325 e. The molecule has 2 heteroatoms. The van der Waals surface area contributed by atoms with Crippen LogP contribution in [0.1, 0.15) is 85.0 Å². The van der Waals surface area contributed by atoms with Gasteiger partial charge >= 0.3 is 0 Å². The van der Waals surface area contributed by atoms with E-state index >= 15 is 0 Å². The lowest BCUT2D eigenvalue weighted by Crippen LogP contribution is -2.39. The minimum atomic E-state index is 0. The lowest BCUT2D eigenvalue weighted by molar-refractivity contribution is 0.310. The van der Waals surface area contributed by atoms with Gasteiger partial charge in [-0.25, -0.2) is 0 Å². The monoisotopic (exact) mass is 249 g/mol. The highest BCUT2D eigenvalue weighted by Crippen LogP contribution is 2.25. The first-order chi connectivity index (χ1) is 7.18. The van der Waals surface area contributed by atoms with Crippen LogP contribution in [0.3, 0.4) is 0 Å². The van der Waals surface area contributed by atoms with Gasteiger partial charge in [-0.15, -0.1) is 12.4 Å². The number of unbranched alkanes of at least 4 members (excludes halogenated alkanes) is 4. The predicted molar refractivity (Wildman–Crippen MR) is 77.4 cm³/mol. The second kappa shape index (κ2) is 11.7. The molecule has 0 aliphatic carbocycles. The average molecular weight is 250 g/mol. The first kappa shape index (κ1) is 18.6. The van der Waals surface area contributed by atoms with Crippen molar-refractivity contribution in [1.29, 1.82) is 0 Å². The van der Waals surface area contributed by atoms with Crippen molar-refractivity contribution in [2.75, 3.05) is 0 Å². The van der Waals surface area contributed by atoms with E-state index < -0.39 is 0 Å². The van der Waals surface area contributed by atoms with Crippen LogP contribution in [-0.2, 0) is 0 Å². The molecule has 100 valence electrons. The predicted octanol–water partition coefficient (Wildman–Crippen LogP) is 5.07. The van der Waals surface area contributed by atoms with E-state index in [0.717, 1.165) is 0 Å². The molecule has 0 aromatic carbocycles. The zero-order chi connectivity index (χ0) is 11.6. The summed E-state index contributed by atoms with van der Waals surface area (Å²) in [6, 6.07) is 0. The minimum Gasteiger partial charge on any atom is -0.325 e. The quantitative estimate of drug-likeness (QED) is 0.538. The fraction of sp³-hybridized carbons (Fsp3) is 1.00. The molecule has 0 unspecified atom stereocenters. The van der Waals surface area contributed by atoms with Crippen LogP contribution in [0.5, 0.6) is 0 Å². The highest BCUT2D eigenvalue weighted by Gasteiger charge is 2.22. The van der Waals surface area contributed by atoms with E-state index in [1.165, 1.54) is 64.2 Å². The Morgan fingerprint density at radius 1 is 0.688 bits per heavy atom. The number of hydrogen-bond acceptors (Lipinski definition) is 1. The van der Waals surface area contributed by atoms with Crippen molar-refractivity contribution in [2.45, 2.75) is 90.5 Å². The van der Waals surface area contributed by atoms with Gasteiger partial charge in [-0.3, -0.25) is 0 Å². The summed E-state index contributed by atoms with van der Waals surface area (Å²) >= 11 is 0. The second-order valence-corrected chi connectivity index (χ2v) is 5.03. The maximum Gasteiger partial charge on any atom is 0.0154 e. The third-order valence-corrected chi connectivity index (χ3v) is 3.33. The van der Waals surface area contributed by atoms with Gasteiger partial charge in [0.15, 0.2) is 0 Å². The van der Waals surface area contributed by atoms with E-state index in [4.69, 9.17) is 5.73 Å². The Bertz CT molecular complexity index is 129. The Hall–Kier alpha value is 0.250. The van der Waals surface area contributed by atoms with Crippen molar-refractivity contribution in [3.05, 3.63) is 0 Å². The van der Waals surface area contributed by atoms with Gasteiger partial charge in [0.25, 0.3) is 0 Å². The number of rotatable bonds is 10. The fourth-order valence-electron chi connectivity index (χ4n) is 2.16. The van der Waals surface area contributed by atoms with Gasteiger partial charge in [0.1, 0.15) is 0 Å². The summed E-state index contributed by atoms with van der Waals surface area (Å²) in [5.41, 5.74) is 6.66. The smallest absolute Gasteiger partial charge is 0.0154 e. The van der Waals surface area contributed by atoms with Crippen LogP contribution >= 0.6 is 12.4 Å². The minimum absolute atomic E-state index is 0. The highest BCUT2D eigenvalue weighted by molar-refractivity contribution is 5.85. The normalized spacial score (nSPS) is 11.2. The summed E-state index contributed by atoms with van der Waals surface area (Å²) in [4.78, 5) is 0. The van der Waals surface area contributed by atoms with Crippen LogP contribution < -0.4 is 5.73 Å². The Balaban J connectivity index is 0. The zero-order valence-corrected chi connectivity index (χ0v) is 12.4. The van der Waals surface area contributed by atoms with E-state index in [1.54, 1.807) is 0 Å². The Labute approximate surface area is 109 Å². The van der Waals surface area contributed by atoms with Crippen molar-refractivity contribution in [2.24, 2.45) is 5.73 Å². The summed E-state index contributed by atoms with van der Waals surface area (Å²) < 4.78 is 0. The third kappa shape index (κ3) is 9.47. The standard InChI is InChI=1S/C14H31N.ClH/c1-4-7-10-13-14(15,11-8-5-2)12-9-6-3;/h4-13,15H2,1-3H3;1H. The molecule has 0 fully saturated rings. The third-order valence-electron chi connectivity index (χ3n) is 3.33. The Morgan fingerprint density at radius 2 is 1.06 bits per heavy atom. The molecule has 0 saturated heterocycles. The van der Waals surface area contributed by atoms with E-state index in [2.05, 4.69) is 20.8 Å². The summed E-state index contributed by atoms with van der Waals surface area (Å²) in [7, 11) is 0. The summed E-state index contributed by atoms with van der Waals surface area (Å²) in [5, 5.41) is 0. The van der Waals surface area contributed by atoms with E-state index in [-0.39, 0.29) is 17.9 Å². The van der Waals surface area contributed by atoms with Gasteiger partial charge in [0, 0.05) is 5.54 Å². The van der Waals surface area contributed by atoms with Gasteiger partial charge < -0.3 is 5.73 Å². The molecule has 0 saturated carbocycles. The molecule has 0 aromatic rings. The average Bonchev–Trinajstić information content (AvgIpc) is 2.24. The molecule has 1 nitrogen and oxygen atoms in total. The molecular formula is C14H32ClN. The Morgan fingerprint density at radius 3 is 1.44 bits per heavy atom. The van der Waals surface area contributed by atoms with Crippen LogP contribution in [0.2, 0.25) is 0 Å². The van der Waals surface area contributed by atoms with Crippen molar-refractivity contribution in [3.8, 4) is 0 Å². The molecule has 0 bridgehead atoms. The van der Waals surface area contributed by atoms with Gasteiger partial charge in [0.05, 0.1) is 0 Å². The first-order valence-electron chi connectivity index (χ1n) is 6.97. The van der Waals surface area contributed by atoms with Gasteiger partial charge in [-0.2, -0.15) is 0 Å². The van der Waals surface area contributed by atoms with E-state index in [1.807, 2.05) is 0 Å². The number of hydrogen-bond donors (Lipinski definition) is 1. The maximum atomic E-state index is 6.51. The van der Waals surface area contributed by atoms with Crippen LogP contribution in [-0.4, -0.2) is 5.54 Å². The van der Waals surface area contributed by atoms with Crippen molar-refractivity contribution < 1.29 is 0 Å². The molecule has 0 amide bonds. The SMILES string of the molecule is CCCCCC(N)(CCCC)CCCC.Cl. The molecule has 2 N–H and O–H groups in total. The maximum absolute atomic E-state index is 6.51. The van der Waals surface area contributed by atoms with Crippen molar-refractivity contribution in [1.82, 2.24) is 0 Å². The topological polar surface area (TPSA) is 26.0 Å². The van der Waals surface area contributed by atoms with Crippen LogP contribution in [0.4, 0.5) is 0 Å². The van der Waals surface area contributed by atoms with E-state index in [9.17, 15) is 0 Å². The highest BCUT2D eigenvalue weighted by atomic mass is 35.5. The number of halogens is 1. The van der Waals surface area contributed by atoms with Crippen molar-refractivity contribution >= 4 is 12.4 Å². The van der Waals surface area contributed by atoms with Gasteiger partial charge in [0.2, 0.25) is 0 Å². The lowest BCUT2D eigenvalue weighted by atomic mass is 9.83. The molecule has 0 aromatic heterocycles. The van der Waals surface area contributed by atoms with E-state index in [0.29, 0.717) is 0 Å². The number of nitrogens with two attached hydrogens (primary N) is 1. The van der Waals surface area contributed by atoms with Gasteiger partial charge in [-0.05, 0) is 19.3 Å². The van der Waals surface area contributed by atoms with Crippen molar-refractivity contribution in [3.63, 3.8) is 0 Å². The summed E-state index contributed by atoms with van der Waals surface area (Å²) in [5.74, 6) is 0. The van der Waals surface area contributed by atoms with Crippen LogP contribution in [0, 0.1) is 0 Å². The van der Waals surface area contributed by atoms with Crippen LogP contribution in [0.25, 0.3) is 0 Å². The lowest BCUT2D eigenvalue weighted by Gasteiger charge is -2.29. The molecule has 0 aliphatic rings. The fourth-order valence-corrected chi connectivity index (χ4v) is 2.16. The molecule has 0 rings (SSSR count). The summed E-state index contributed by atoms with van der Waals surface area (Å²) in [6.07, 6.45) is 12.8. The molecule has 16 heavy (non-hydrogen) atoms. The summed E-state index contributed by atoms with van der Waals surface area (Å²) in [6.45, 7) is 6.77. The molecular weight excluding hydrogens is 218 g/mol. The molecule has 0 spiro atoms. The molecule has 0 aliphatic heterocycles. The molecule has 0 radical (unpaired) electrons. The first-order valence-corrected chi connectivity index (χ1v) is 6.97. The Kier molecular flexibility index (Phi) is 13.6. The van der Waals surface area contributed by atoms with Crippen LogP contribution in [0.15, 0.2) is 0 Å². The molecule has 0 atom stereocenters. The molecule has 0 heterocycles.